The van der Waals surface area contributed by atoms with Gasteiger partial charge in [0.15, 0.2) is 0 Å². The van der Waals surface area contributed by atoms with Crippen molar-refractivity contribution in [2.45, 2.75) is 12.5 Å². The maximum Gasteiger partial charge on any atom is 0.0947 e. The first-order chi connectivity index (χ1) is 9.78. The van der Waals surface area contributed by atoms with Gasteiger partial charge in [-0.3, -0.25) is 0 Å². The van der Waals surface area contributed by atoms with Gasteiger partial charge in [-0.2, -0.15) is 0 Å². The average molecular weight is 265 g/mol. The molecule has 1 atom stereocenters. The van der Waals surface area contributed by atoms with Crippen LogP contribution in [0.25, 0.3) is 10.8 Å². The predicted octanol–water partition coefficient (Wildman–Crippen LogP) is 3.08. The zero-order chi connectivity index (χ0) is 13.9. The van der Waals surface area contributed by atoms with Gasteiger partial charge in [-0.25, -0.2) is 4.98 Å². The molecule has 20 heavy (non-hydrogen) atoms. The molecule has 1 heterocycles. The average Bonchev–Trinajstić information content (AvgIpc) is 2.91. The lowest BCUT2D eigenvalue weighted by atomic mass is 9.98. The van der Waals surface area contributed by atoms with Gasteiger partial charge in [0, 0.05) is 13.2 Å². The van der Waals surface area contributed by atoms with Gasteiger partial charge >= 0.3 is 0 Å². The fraction of sp³-hybridized carbons (Fsp3) is 0.235. The van der Waals surface area contributed by atoms with Crippen LogP contribution in [0.2, 0.25) is 0 Å². The highest BCUT2D eigenvalue weighted by molar-refractivity contribution is 5.85. The van der Waals surface area contributed by atoms with Crippen LogP contribution in [0, 0.1) is 0 Å². The van der Waals surface area contributed by atoms with E-state index < -0.39 is 0 Å². The van der Waals surface area contributed by atoms with Crippen molar-refractivity contribution < 1.29 is 0 Å². The number of imidazole rings is 1. The van der Waals surface area contributed by atoms with E-state index in [1.165, 1.54) is 16.3 Å². The van der Waals surface area contributed by atoms with Gasteiger partial charge < -0.3 is 9.88 Å². The minimum atomic E-state index is 0.238. The quantitative estimate of drug-likeness (QED) is 0.785. The van der Waals surface area contributed by atoms with Crippen LogP contribution in [0.5, 0.6) is 0 Å². The van der Waals surface area contributed by atoms with E-state index in [0.717, 1.165) is 12.1 Å². The Hall–Kier alpha value is -2.13. The van der Waals surface area contributed by atoms with Gasteiger partial charge in [-0.15, -0.1) is 0 Å². The first kappa shape index (κ1) is 12.9. The Kier molecular flexibility index (Phi) is 3.52. The van der Waals surface area contributed by atoms with E-state index in [9.17, 15) is 0 Å². The zero-order valence-electron chi connectivity index (χ0n) is 11.9. The molecule has 0 spiro atoms. The van der Waals surface area contributed by atoms with E-state index in [2.05, 4.69) is 59.0 Å². The lowest BCUT2D eigenvalue weighted by Crippen LogP contribution is -2.19. The molecule has 102 valence electrons. The van der Waals surface area contributed by atoms with E-state index in [1.54, 1.807) is 0 Å². The van der Waals surface area contributed by atoms with Gasteiger partial charge in [-0.05, 0) is 29.8 Å². The summed E-state index contributed by atoms with van der Waals surface area (Å²) < 4.78 is 1.99. The number of fused-ring (bicyclic) bond motifs is 1. The topological polar surface area (TPSA) is 29.9 Å². The normalized spacial score (nSPS) is 12.7. The molecular formula is C17H19N3. The molecule has 1 aromatic heterocycles. The molecule has 3 heteroatoms. The number of aromatic nitrogens is 2. The summed E-state index contributed by atoms with van der Waals surface area (Å²) in [6.07, 6.45) is 4.87. The van der Waals surface area contributed by atoms with Crippen molar-refractivity contribution in [2.75, 3.05) is 7.05 Å². The molecule has 3 rings (SSSR count). The summed E-state index contributed by atoms with van der Waals surface area (Å²) in [5.74, 6) is 0. The SMILES string of the molecule is CNC(Cc1cccc2ccccc12)c1cn(C)cn1. The lowest BCUT2D eigenvalue weighted by molar-refractivity contribution is 0.580. The van der Waals surface area contributed by atoms with Gasteiger partial charge in [0.25, 0.3) is 0 Å². The maximum atomic E-state index is 4.46. The third-order valence-corrected chi connectivity index (χ3v) is 3.73. The number of nitrogens with one attached hydrogen (secondary N) is 1. The maximum absolute atomic E-state index is 4.46. The molecule has 0 aliphatic heterocycles. The number of hydrogen-bond acceptors (Lipinski definition) is 2. The van der Waals surface area contributed by atoms with Crippen molar-refractivity contribution in [1.82, 2.24) is 14.9 Å². The fourth-order valence-electron chi connectivity index (χ4n) is 2.66. The molecule has 3 aromatic rings. The highest BCUT2D eigenvalue weighted by Crippen LogP contribution is 2.23. The van der Waals surface area contributed by atoms with Gasteiger partial charge in [0.05, 0.1) is 18.1 Å². The summed E-state index contributed by atoms with van der Waals surface area (Å²) in [5.41, 5.74) is 2.44. The van der Waals surface area contributed by atoms with E-state index in [0.29, 0.717) is 0 Å². The molecule has 1 unspecified atom stereocenters. The third kappa shape index (κ3) is 2.45. The first-order valence-corrected chi connectivity index (χ1v) is 6.89. The fourth-order valence-corrected chi connectivity index (χ4v) is 2.66. The predicted molar refractivity (Wildman–Crippen MR) is 82.7 cm³/mol. The molecule has 0 amide bonds. The Morgan fingerprint density at radius 2 is 1.95 bits per heavy atom. The Morgan fingerprint density at radius 3 is 2.70 bits per heavy atom. The molecule has 0 aliphatic carbocycles. The molecule has 0 radical (unpaired) electrons. The summed E-state index contributed by atoms with van der Waals surface area (Å²) in [5, 5.41) is 5.99. The highest BCUT2D eigenvalue weighted by Gasteiger charge is 2.14. The Labute approximate surface area is 119 Å². The molecule has 0 saturated heterocycles. The Morgan fingerprint density at radius 1 is 1.15 bits per heavy atom. The minimum absolute atomic E-state index is 0.238. The van der Waals surface area contributed by atoms with Crippen LogP contribution in [-0.2, 0) is 13.5 Å². The van der Waals surface area contributed by atoms with Crippen LogP contribution >= 0.6 is 0 Å². The minimum Gasteiger partial charge on any atom is -0.340 e. The van der Waals surface area contributed by atoms with Crippen molar-refractivity contribution in [3.05, 3.63) is 66.2 Å². The van der Waals surface area contributed by atoms with Crippen molar-refractivity contribution >= 4 is 10.8 Å². The molecule has 0 aliphatic rings. The molecule has 0 fully saturated rings. The summed E-state index contributed by atoms with van der Waals surface area (Å²) in [6, 6.07) is 15.3. The number of nitrogens with zero attached hydrogens (tertiary/aromatic N) is 2. The van der Waals surface area contributed by atoms with Gasteiger partial charge in [0.2, 0.25) is 0 Å². The number of benzene rings is 2. The number of likely N-dealkylation sites (N-methyl/N-ethyl adjacent to an activating group) is 1. The van der Waals surface area contributed by atoms with Gasteiger partial charge in [-0.1, -0.05) is 42.5 Å². The Bertz CT molecular complexity index is 710. The first-order valence-electron chi connectivity index (χ1n) is 6.89. The van der Waals surface area contributed by atoms with E-state index in [1.807, 2.05) is 25.0 Å². The second-order valence-corrected chi connectivity index (χ2v) is 5.15. The van der Waals surface area contributed by atoms with Crippen LogP contribution in [0.3, 0.4) is 0 Å². The standard InChI is InChI=1S/C17H19N3/c1-18-16(17-11-20(2)12-19-17)10-14-8-5-7-13-6-3-4-9-15(13)14/h3-9,11-12,16,18H,10H2,1-2H3. The molecule has 3 nitrogen and oxygen atoms in total. The van der Waals surface area contributed by atoms with Crippen molar-refractivity contribution in [3.63, 3.8) is 0 Å². The van der Waals surface area contributed by atoms with Crippen LogP contribution in [0.4, 0.5) is 0 Å². The summed E-state index contributed by atoms with van der Waals surface area (Å²) >= 11 is 0. The summed E-state index contributed by atoms with van der Waals surface area (Å²) in [7, 11) is 3.99. The van der Waals surface area contributed by atoms with Crippen LogP contribution in [0.15, 0.2) is 55.0 Å². The molecule has 0 saturated carbocycles. The number of aryl methyl sites for hydroxylation is 1. The number of hydrogen-bond donors (Lipinski definition) is 1. The lowest BCUT2D eigenvalue weighted by Gasteiger charge is -2.15. The van der Waals surface area contributed by atoms with Crippen LogP contribution in [-0.4, -0.2) is 16.6 Å². The van der Waals surface area contributed by atoms with E-state index >= 15 is 0 Å². The van der Waals surface area contributed by atoms with Crippen molar-refractivity contribution in [2.24, 2.45) is 7.05 Å². The largest absolute Gasteiger partial charge is 0.340 e. The van der Waals surface area contributed by atoms with Crippen molar-refractivity contribution in [3.8, 4) is 0 Å². The van der Waals surface area contributed by atoms with E-state index in [-0.39, 0.29) is 6.04 Å². The summed E-state index contributed by atoms with van der Waals surface area (Å²) in [4.78, 5) is 4.46. The van der Waals surface area contributed by atoms with Crippen LogP contribution < -0.4 is 5.32 Å². The molecule has 1 N–H and O–H groups in total. The smallest absolute Gasteiger partial charge is 0.0947 e. The van der Waals surface area contributed by atoms with E-state index in [4.69, 9.17) is 0 Å². The summed E-state index contributed by atoms with van der Waals surface area (Å²) in [6.45, 7) is 0. The second-order valence-electron chi connectivity index (χ2n) is 5.15. The zero-order valence-corrected chi connectivity index (χ0v) is 11.9. The monoisotopic (exact) mass is 265 g/mol. The highest BCUT2D eigenvalue weighted by atomic mass is 15.0. The number of rotatable bonds is 4. The van der Waals surface area contributed by atoms with Crippen molar-refractivity contribution in [1.29, 1.82) is 0 Å². The molecule has 2 aromatic carbocycles. The molecular weight excluding hydrogens is 246 g/mol. The Balaban J connectivity index is 1.95. The molecule has 0 bridgehead atoms. The second kappa shape index (κ2) is 5.47. The van der Waals surface area contributed by atoms with Gasteiger partial charge in [0.1, 0.15) is 0 Å². The third-order valence-electron chi connectivity index (χ3n) is 3.73. The van der Waals surface area contributed by atoms with Crippen LogP contribution in [0.1, 0.15) is 17.3 Å².